The van der Waals surface area contributed by atoms with Gasteiger partial charge in [0.15, 0.2) is 0 Å². The first-order chi connectivity index (χ1) is 8.47. The molecule has 1 heterocycles. The van der Waals surface area contributed by atoms with Gasteiger partial charge in [-0.25, -0.2) is 9.59 Å². The molecule has 0 saturated carbocycles. The summed E-state index contributed by atoms with van der Waals surface area (Å²) in [6, 6.07) is 3.58. The van der Waals surface area contributed by atoms with Crippen LogP contribution in [0.5, 0.6) is 0 Å². The van der Waals surface area contributed by atoms with E-state index in [1.165, 1.54) is 17.4 Å². The van der Waals surface area contributed by atoms with Crippen LogP contribution in [-0.4, -0.2) is 23.1 Å². The predicted octanol–water partition coefficient (Wildman–Crippen LogP) is 2.05. The fourth-order valence-electron chi connectivity index (χ4n) is 1.21. The fraction of sp³-hybridized carbons (Fsp3) is 0.333. The molecule has 0 aliphatic carbocycles. The number of carbonyl (C=O) groups excluding carboxylic acids is 1. The van der Waals surface area contributed by atoms with Gasteiger partial charge in [-0.15, -0.1) is 11.3 Å². The monoisotopic (exact) mass is 268 g/mol. The number of carboxylic acid groups (broad SMARTS) is 1. The van der Waals surface area contributed by atoms with Gasteiger partial charge in [-0.2, -0.15) is 0 Å². The van der Waals surface area contributed by atoms with E-state index < -0.39 is 5.97 Å². The van der Waals surface area contributed by atoms with Crippen LogP contribution in [0.4, 0.5) is 4.79 Å². The van der Waals surface area contributed by atoms with Crippen LogP contribution in [-0.2, 0) is 11.3 Å². The van der Waals surface area contributed by atoms with Gasteiger partial charge in [0.2, 0.25) is 0 Å². The van der Waals surface area contributed by atoms with Crippen molar-refractivity contribution < 1.29 is 14.7 Å². The normalized spacial score (nSPS) is 10.8. The molecule has 0 aliphatic heterocycles. The summed E-state index contributed by atoms with van der Waals surface area (Å²) < 4.78 is 0. The smallest absolute Gasteiger partial charge is 0.328 e. The van der Waals surface area contributed by atoms with E-state index in [0.717, 1.165) is 15.8 Å². The first kappa shape index (κ1) is 14.2. The quantitative estimate of drug-likeness (QED) is 0.715. The number of hydrogen-bond acceptors (Lipinski definition) is 3. The Hall–Kier alpha value is -1.82. The molecule has 0 spiro atoms. The van der Waals surface area contributed by atoms with Gasteiger partial charge >= 0.3 is 12.0 Å². The Balaban J connectivity index is 2.44. The number of urea groups is 1. The molecule has 5 nitrogen and oxygen atoms in total. The second kappa shape index (κ2) is 6.80. The molecule has 2 amide bonds. The summed E-state index contributed by atoms with van der Waals surface area (Å²) in [7, 11) is 0. The van der Waals surface area contributed by atoms with E-state index in [1.807, 2.05) is 26.0 Å². The summed E-state index contributed by atoms with van der Waals surface area (Å²) in [6.45, 7) is 4.21. The topological polar surface area (TPSA) is 78.4 Å². The number of nitrogens with one attached hydrogen (secondary N) is 2. The average molecular weight is 268 g/mol. The van der Waals surface area contributed by atoms with Gasteiger partial charge in [-0.1, -0.05) is 0 Å². The van der Waals surface area contributed by atoms with Gasteiger partial charge < -0.3 is 15.7 Å². The van der Waals surface area contributed by atoms with Gasteiger partial charge in [0.25, 0.3) is 0 Å². The molecule has 18 heavy (non-hydrogen) atoms. The van der Waals surface area contributed by atoms with Gasteiger partial charge in [0.05, 0.1) is 6.54 Å². The number of thiophene rings is 1. The lowest BCUT2D eigenvalue weighted by atomic mass is 10.4. The molecule has 0 atom stereocenters. The maximum absolute atomic E-state index is 11.3. The minimum absolute atomic E-state index is 0.0994. The van der Waals surface area contributed by atoms with Crippen molar-refractivity contribution in [2.45, 2.75) is 26.4 Å². The number of aliphatic carboxylic acids is 1. The highest BCUT2D eigenvalue weighted by atomic mass is 32.1. The number of amides is 2. The van der Waals surface area contributed by atoms with Crippen LogP contribution in [0.15, 0.2) is 18.2 Å². The maximum Gasteiger partial charge on any atom is 0.328 e. The van der Waals surface area contributed by atoms with Crippen LogP contribution in [0.3, 0.4) is 0 Å². The van der Waals surface area contributed by atoms with Crippen molar-refractivity contribution in [3.63, 3.8) is 0 Å². The summed E-state index contributed by atoms with van der Waals surface area (Å²) in [5.74, 6) is -0.973. The van der Waals surface area contributed by atoms with Crippen molar-refractivity contribution in [2.24, 2.45) is 0 Å². The molecule has 0 saturated heterocycles. The van der Waals surface area contributed by atoms with Crippen molar-refractivity contribution in [1.82, 2.24) is 10.6 Å². The predicted molar refractivity (Wildman–Crippen MR) is 71.5 cm³/mol. The number of carboxylic acids is 1. The van der Waals surface area contributed by atoms with Crippen LogP contribution in [0, 0.1) is 0 Å². The van der Waals surface area contributed by atoms with Gasteiger partial charge in [-0.05, 0) is 32.1 Å². The second-order valence-corrected chi connectivity index (χ2v) is 5.16. The molecule has 1 rings (SSSR count). The lowest BCUT2D eigenvalue weighted by Gasteiger charge is -2.08. The second-order valence-electron chi connectivity index (χ2n) is 3.96. The van der Waals surface area contributed by atoms with Crippen LogP contribution < -0.4 is 10.6 Å². The molecular weight excluding hydrogens is 252 g/mol. The van der Waals surface area contributed by atoms with Gasteiger partial charge in [-0.3, -0.25) is 0 Å². The highest BCUT2D eigenvalue weighted by Gasteiger charge is 2.03. The molecule has 98 valence electrons. The molecule has 0 radical (unpaired) electrons. The lowest BCUT2D eigenvalue weighted by molar-refractivity contribution is -0.131. The first-order valence-corrected chi connectivity index (χ1v) is 6.33. The van der Waals surface area contributed by atoms with Crippen molar-refractivity contribution in [3.05, 3.63) is 28.0 Å². The highest BCUT2D eigenvalue weighted by molar-refractivity contribution is 7.12. The lowest BCUT2D eigenvalue weighted by Crippen LogP contribution is -2.38. The van der Waals surface area contributed by atoms with E-state index >= 15 is 0 Å². The Morgan fingerprint density at radius 3 is 2.78 bits per heavy atom. The van der Waals surface area contributed by atoms with E-state index in [2.05, 4.69) is 10.6 Å². The Morgan fingerprint density at radius 1 is 1.44 bits per heavy atom. The summed E-state index contributed by atoms with van der Waals surface area (Å²) in [5, 5.41) is 13.9. The Bertz CT molecular complexity index is 452. The minimum Gasteiger partial charge on any atom is -0.478 e. The molecule has 3 N–H and O–H groups in total. The zero-order valence-corrected chi connectivity index (χ0v) is 11.1. The molecule has 1 aromatic rings. The highest BCUT2D eigenvalue weighted by Crippen LogP contribution is 2.17. The van der Waals surface area contributed by atoms with Crippen LogP contribution in [0.25, 0.3) is 6.08 Å². The summed E-state index contributed by atoms with van der Waals surface area (Å²) in [5.41, 5.74) is 0. The summed E-state index contributed by atoms with van der Waals surface area (Å²) in [6.07, 6.45) is 2.62. The zero-order valence-electron chi connectivity index (χ0n) is 10.3. The van der Waals surface area contributed by atoms with E-state index in [4.69, 9.17) is 5.11 Å². The first-order valence-electron chi connectivity index (χ1n) is 5.51. The summed E-state index contributed by atoms with van der Waals surface area (Å²) >= 11 is 1.44. The van der Waals surface area contributed by atoms with E-state index in [9.17, 15) is 9.59 Å². The molecule has 0 aromatic carbocycles. The SMILES string of the molecule is CC(C)NC(=O)NCc1ccc(C=CC(=O)O)s1. The molecule has 0 aliphatic rings. The third kappa shape index (κ3) is 5.49. The minimum atomic E-state index is -0.973. The van der Waals surface area contributed by atoms with Crippen molar-refractivity contribution in [1.29, 1.82) is 0 Å². The largest absolute Gasteiger partial charge is 0.478 e. The van der Waals surface area contributed by atoms with Crippen LogP contribution >= 0.6 is 11.3 Å². The van der Waals surface area contributed by atoms with E-state index in [1.54, 1.807) is 0 Å². The van der Waals surface area contributed by atoms with Gasteiger partial charge in [0.1, 0.15) is 0 Å². The number of hydrogen-bond donors (Lipinski definition) is 3. The Morgan fingerprint density at radius 2 is 2.17 bits per heavy atom. The molecule has 0 bridgehead atoms. The zero-order chi connectivity index (χ0) is 13.5. The van der Waals surface area contributed by atoms with Crippen molar-refractivity contribution >= 4 is 29.4 Å². The molecule has 6 heteroatoms. The molecular formula is C12H16N2O3S. The third-order valence-electron chi connectivity index (χ3n) is 1.92. The molecule has 0 fully saturated rings. The van der Waals surface area contributed by atoms with E-state index in [0.29, 0.717) is 6.54 Å². The Kier molecular flexibility index (Phi) is 5.38. The third-order valence-corrected chi connectivity index (χ3v) is 2.97. The van der Waals surface area contributed by atoms with Crippen LogP contribution in [0.2, 0.25) is 0 Å². The van der Waals surface area contributed by atoms with E-state index in [-0.39, 0.29) is 12.1 Å². The molecule has 1 aromatic heterocycles. The Labute approximate surface area is 110 Å². The average Bonchev–Trinajstić information content (AvgIpc) is 2.70. The molecule has 0 unspecified atom stereocenters. The fourth-order valence-corrected chi connectivity index (χ4v) is 2.07. The van der Waals surface area contributed by atoms with Gasteiger partial charge in [0, 0.05) is 21.9 Å². The number of carbonyl (C=O) groups is 2. The maximum atomic E-state index is 11.3. The summed E-state index contributed by atoms with van der Waals surface area (Å²) in [4.78, 5) is 23.5. The van der Waals surface area contributed by atoms with Crippen molar-refractivity contribution in [2.75, 3.05) is 0 Å². The standard InChI is InChI=1S/C12H16N2O3S/c1-8(2)14-12(17)13-7-10-4-3-9(18-10)5-6-11(15)16/h3-6,8H,7H2,1-2H3,(H,15,16)(H2,13,14,17). The number of rotatable bonds is 5. The van der Waals surface area contributed by atoms with Crippen LogP contribution in [0.1, 0.15) is 23.6 Å². The van der Waals surface area contributed by atoms with Crippen molar-refractivity contribution in [3.8, 4) is 0 Å².